The molecule has 3 aromatic rings. The Labute approximate surface area is 229 Å². The zero-order valence-corrected chi connectivity index (χ0v) is 22.5. The molecule has 1 N–H and O–H groups in total. The molecule has 1 fully saturated rings. The van der Waals surface area contributed by atoms with Gasteiger partial charge in [0, 0.05) is 30.4 Å². The SMILES string of the molecule is C=C/C(OC)=c1/c(C(=O)C(=O)N2CCC(=C(C#Cc3ccccc3)c3ccccc3)CC2)c[nH]/c1=C(/C)OC. The number of benzene rings is 2. The van der Waals surface area contributed by atoms with Crippen molar-refractivity contribution in [1.29, 1.82) is 0 Å². The van der Waals surface area contributed by atoms with Crippen molar-refractivity contribution in [2.24, 2.45) is 0 Å². The lowest BCUT2D eigenvalue weighted by molar-refractivity contribution is -0.126. The van der Waals surface area contributed by atoms with Crippen LogP contribution in [0.4, 0.5) is 0 Å². The van der Waals surface area contributed by atoms with Crippen LogP contribution in [0.25, 0.3) is 17.1 Å². The van der Waals surface area contributed by atoms with E-state index < -0.39 is 11.7 Å². The number of hydrogen-bond acceptors (Lipinski definition) is 4. The van der Waals surface area contributed by atoms with Crippen molar-refractivity contribution in [3.63, 3.8) is 0 Å². The average Bonchev–Trinajstić information content (AvgIpc) is 3.43. The number of hydrogen-bond donors (Lipinski definition) is 1. The third-order valence-corrected chi connectivity index (χ3v) is 6.80. The van der Waals surface area contributed by atoms with Crippen LogP contribution < -0.4 is 10.6 Å². The highest BCUT2D eigenvalue weighted by Gasteiger charge is 2.28. The molecule has 2 heterocycles. The zero-order valence-electron chi connectivity index (χ0n) is 22.5. The Balaban J connectivity index is 1.62. The van der Waals surface area contributed by atoms with E-state index in [9.17, 15) is 9.59 Å². The number of ether oxygens (including phenoxy) is 2. The predicted octanol–water partition coefficient (Wildman–Crippen LogP) is 4.04. The molecular formula is C33H32N2O4. The highest BCUT2D eigenvalue weighted by Crippen LogP contribution is 2.27. The summed E-state index contributed by atoms with van der Waals surface area (Å²) in [6.45, 7) is 6.42. The molecule has 1 amide bonds. The standard InChI is InChI=1S/C33H32N2O4/c1-5-29(39-4)30-28(22-34-31(30)23(2)38-3)32(36)33(37)35-20-18-26(19-21-35)27(25-14-10-7-11-15-25)17-16-24-12-8-6-9-13-24/h5-15,22,34H,1,18-21H2,2-4H3/b30-29+,31-23-. The number of carbonyl (C=O) groups excluding carboxylic acids is 2. The smallest absolute Gasteiger partial charge is 0.295 e. The molecule has 1 aliphatic heterocycles. The molecule has 0 atom stereocenters. The summed E-state index contributed by atoms with van der Waals surface area (Å²) in [5, 5.41) is 1.03. The third kappa shape index (κ3) is 6.05. The molecule has 1 aromatic heterocycles. The summed E-state index contributed by atoms with van der Waals surface area (Å²) >= 11 is 0. The molecule has 1 aliphatic rings. The van der Waals surface area contributed by atoms with Gasteiger partial charge in [-0.2, -0.15) is 0 Å². The molecule has 0 aliphatic carbocycles. The minimum atomic E-state index is -0.604. The van der Waals surface area contributed by atoms with Crippen LogP contribution in [0.5, 0.6) is 0 Å². The van der Waals surface area contributed by atoms with Gasteiger partial charge in [-0.05, 0) is 43.5 Å². The fourth-order valence-corrected chi connectivity index (χ4v) is 4.64. The minimum Gasteiger partial charge on any atom is -0.499 e. The van der Waals surface area contributed by atoms with Crippen LogP contribution in [0.15, 0.2) is 85.1 Å². The molecule has 6 heteroatoms. The van der Waals surface area contributed by atoms with Crippen LogP contribution in [0, 0.1) is 11.8 Å². The number of aromatic amines is 1. The van der Waals surface area contributed by atoms with Crippen molar-refractivity contribution in [2.45, 2.75) is 19.8 Å². The first kappa shape index (κ1) is 27.3. The van der Waals surface area contributed by atoms with Crippen molar-refractivity contribution in [2.75, 3.05) is 27.3 Å². The summed E-state index contributed by atoms with van der Waals surface area (Å²) in [6.07, 6.45) is 4.31. The van der Waals surface area contributed by atoms with Crippen LogP contribution in [-0.4, -0.2) is 48.9 Å². The minimum absolute atomic E-state index is 0.225. The Morgan fingerprint density at radius 3 is 2.21 bits per heavy atom. The summed E-state index contributed by atoms with van der Waals surface area (Å²) in [7, 11) is 3.04. The quantitative estimate of drug-likeness (QED) is 0.303. The van der Waals surface area contributed by atoms with E-state index in [2.05, 4.69) is 35.5 Å². The van der Waals surface area contributed by atoms with Crippen molar-refractivity contribution in [3.05, 3.63) is 112 Å². The molecule has 1 saturated heterocycles. The van der Waals surface area contributed by atoms with E-state index in [0.717, 1.165) is 16.7 Å². The van der Waals surface area contributed by atoms with Gasteiger partial charge in [0.15, 0.2) is 0 Å². The van der Waals surface area contributed by atoms with Crippen LogP contribution >= 0.6 is 0 Å². The van der Waals surface area contributed by atoms with Crippen LogP contribution in [-0.2, 0) is 14.3 Å². The average molecular weight is 521 g/mol. The number of likely N-dealkylation sites (tertiary alicyclic amines) is 1. The fourth-order valence-electron chi connectivity index (χ4n) is 4.64. The number of ketones is 1. The number of allylic oxidation sites excluding steroid dienone is 1. The van der Waals surface area contributed by atoms with Crippen LogP contribution in [0.2, 0.25) is 0 Å². The molecule has 4 rings (SSSR count). The second-order valence-electron chi connectivity index (χ2n) is 9.07. The maximum atomic E-state index is 13.4. The number of carbonyl (C=O) groups is 2. The van der Waals surface area contributed by atoms with E-state index in [4.69, 9.17) is 9.47 Å². The van der Waals surface area contributed by atoms with E-state index in [1.807, 2.05) is 48.5 Å². The van der Waals surface area contributed by atoms with E-state index in [-0.39, 0.29) is 5.56 Å². The summed E-state index contributed by atoms with van der Waals surface area (Å²) in [4.78, 5) is 31.5. The Morgan fingerprint density at radius 1 is 0.974 bits per heavy atom. The van der Waals surface area contributed by atoms with E-state index in [1.54, 1.807) is 18.9 Å². The molecule has 2 aromatic carbocycles. The highest BCUT2D eigenvalue weighted by molar-refractivity contribution is 6.42. The van der Waals surface area contributed by atoms with E-state index in [1.165, 1.54) is 25.0 Å². The Hall–Kier alpha value is -4.76. The Morgan fingerprint density at radius 2 is 1.62 bits per heavy atom. The first-order valence-electron chi connectivity index (χ1n) is 12.8. The van der Waals surface area contributed by atoms with Gasteiger partial charge in [0.1, 0.15) is 11.5 Å². The molecule has 39 heavy (non-hydrogen) atoms. The molecule has 0 unspecified atom stereocenters. The number of nitrogens with zero attached hydrogens (tertiary/aromatic N) is 1. The summed E-state index contributed by atoms with van der Waals surface area (Å²) in [5.74, 6) is 6.45. The molecule has 198 valence electrons. The van der Waals surface area contributed by atoms with Crippen LogP contribution in [0.3, 0.4) is 0 Å². The second-order valence-corrected chi connectivity index (χ2v) is 9.07. The zero-order chi connectivity index (χ0) is 27.8. The van der Waals surface area contributed by atoms with Gasteiger partial charge in [0.2, 0.25) is 0 Å². The largest absolute Gasteiger partial charge is 0.499 e. The van der Waals surface area contributed by atoms with Crippen molar-refractivity contribution < 1.29 is 19.1 Å². The van der Waals surface area contributed by atoms with Gasteiger partial charge in [0.05, 0.1) is 30.4 Å². The maximum Gasteiger partial charge on any atom is 0.295 e. The van der Waals surface area contributed by atoms with Gasteiger partial charge >= 0.3 is 0 Å². The van der Waals surface area contributed by atoms with Gasteiger partial charge < -0.3 is 19.4 Å². The predicted molar refractivity (Wildman–Crippen MR) is 154 cm³/mol. The second kappa shape index (κ2) is 12.7. The molecule has 0 bridgehead atoms. The van der Waals surface area contributed by atoms with Gasteiger partial charge in [-0.3, -0.25) is 9.59 Å². The number of nitrogens with one attached hydrogen (secondary N) is 1. The fraction of sp³-hybridized carbons (Fsp3) is 0.212. The maximum absolute atomic E-state index is 13.4. The monoisotopic (exact) mass is 520 g/mol. The lowest BCUT2D eigenvalue weighted by atomic mass is 9.93. The lowest BCUT2D eigenvalue weighted by Gasteiger charge is -2.28. The molecule has 0 spiro atoms. The summed E-state index contributed by atoms with van der Waals surface area (Å²) < 4.78 is 10.8. The molecule has 0 radical (unpaired) electrons. The van der Waals surface area contributed by atoms with E-state index in [0.29, 0.717) is 48.0 Å². The lowest BCUT2D eigenvalue weighted by Crippen LogP contribution is -2.43. The number of H-pyrrole nitrogens is 1. The number of amides is 1. The van der Waals surface area contributed by atoms with Crippen molar-refractivity contribution in [1.82, 2.24) is 9.88 Å². The first-order valence-corrected chi connectivity index (χ1v) is 12.8. The van der Waals surface area contributed by atoms with Gasteiger partial charge in [-0.15, -0.1) is 0 Å². The number of methoxy groups -OCH3 is 2. The van der Waals surface area contributed by atoms with Crippen molar-refractivity contribution >= 4 is 28.8 Å². The normalized spacial score (nSPS) is 14.4. The molecule has 0 saturated carbocycles. The molecular weight excluding hydrogens is 488 g/mol. The number of Topliss-reactive ketones (excluding diaryl/α,β-unsaturated/α-hetero) is 1. The third-order valence-electron chi connectivity index (χ3n) is 6.80. The summed E-state index contributed by atoms with van der Waals surface area (Å²) in [5.41, 5.74) is 4.37. The van der Waals surface area contributed by atoms with Gasteiger partial charge in [-0.1, -0.05) is 72.5 Å². The van der Waals surface area contributed by atoms with Gasteiger partial charge in [0.25, 0.3) is 11.7 Å². The van der Waals surface area contributed by atoms with Gasteiger partial charge in [-0.25, -0.2) is 0 Å². The van der Waals surface area contributed by atoms with Crippen LogP contribution in [0.1, 0.15) is 41.3 Å². The van der Waals surface area contributed by atoms with Crippen molar-refractivity contribution in [3.8, 4) is 11.8 Å². The number of aromatic nitrogens is 1. The summed E-state index contributed by atoms with van der Waals surface area (Å²) in [6, 6.07) is 20.0. The number of rotatable bonds is 6. The molecule has 6 nitrogen and oxygen atoms in total. The van der Waals surface area contributed by atoms with E-state index >= 15 is 0 Å². The topological polar surface area (TPSA) is 71.6 Å². The number of piperidine rings is 1. The highest BCUT2D eigenvalue weighted by atomic mass is 16.5. The first-order chi connectivity index (χ1) is 19.0. The Bertz CT molecular complexity index is 1580. The Kier molecular flexibility index (Phi) is 8.86.